The smallest absolute Gasteiger partial charge is 0.253 e. The molecule has 0 aliphatic carbocycles. The number of amides is 1. The topological polar surface area (TPSA) is 72.9 Å². The molecule has 0 radical (unpaired) electrons. The van der Waals surface area contributed by atoms with Crippen LogP contribution in [0.5, 0.6) is 0 Å². The molecule has 1 aromatic heterocycles. The Labute approximate surface area is 145 Å². The van der Waals surface area contributed by atoms with Crippen LogP contribution < -0.4 is 11.1 Å². The third kappa shape index (κ3) is 3.64. The van der Waals surface area contributed by atoms with Crippen LogP contribution in [0.4, 0.5) is 0 Å². The summed E-state index contributed by atoms with van der Waals surface area (Å²) in [4.78, 5) is 16.8. The van der Waals surface area contributed by atoms with Gasteiger partial charge in [0.15, 0.2) is 0 Å². The van der Waals surface area contributed by atoms with Gasteiger partial charge in [-0.05, 0) is 29.8 Å². The van der Waals surface area contributed by atoms with Gasteiger partial charge >= 0.3 is 0 Å². The van der Waals surface area contributed by atoms with Gasteiger partial charge in [0.2, 0.25) is 0 Å². The number of nitrogens with two attached hydrogens (primary N) is 1. The first-order chi connectivity index (χ1) is 11.7. The van der Waals surface area contributed by atoms with E-state index in [0.717, 1.165) is 16.9 Å². The maximum absolute atomic E-state index is 12.6. The van der Waals surface area contributed by atoms with Crippen LogP contribution in [0.15, 0.2) is 61.1 Å². The lowest BCUT2D eigenvalue weighted by atomic mass is 10.1. The minimum atomic E-state index is -0.149. The van der Waals surface area contributed by atoms with Crippen molar-refractivity contribution < 1.29 is 4.79 Å². The summed E-state index contributed by atoms with van der Waals surface area (Å²) in [7, 11) is 0. The van der Waals surface area contributed by atoms with Crippen molar-refractivity contribution in [3.63, 3.8) is 0 Å². The number of rotatable bonds is 5. The van der Waals surface area contributed by atoms with Gasteiger partial charge in [0.1, 0.15) is 0 Å². The fourth-order valence-electron chi connectivity index (χ4n) is 2.37. The van der Waals surface area contributed by atoms with Crippen LogP contribution in [-0.2, 0) is 13.1 Å². The van der Waals surface area contributed by atoms with Crippen LogP contribution in [-0.4, -0.2) is 15.5 Å². The molecular weight excluding hydrogens is 324 g/mol. The van der Waals surface area contributed by atoms with Crippen LogP contribution in [0.3, 0.4) is 0 Å². The molecule has 1 heterocycles. The van der Waals surface area contributed by atoms with Gasteiger partial charge in [-0.3, -0.25) is 4.79 Å². The predicted molar refractivity (Wildman–Crippen MR) is 94.1 cm³/mol. The largest absolute Gasteiger partial charge is 0.348 e. The number of nitrogens with zero attached hydrogens (tertiary/aromatic N) is 2. The number of aromatic nitrogens is 2. The number of para-hydroxylation sites is 1. The molecular formula is C18H17ClN4O. The number of hydrogen-bond donors (Lipinski definition) is 2. The summed E-state index contributed by atoms with van der Waals surface area (Å²) in [6.07, 6.45) is 3.48. The van der Waals surface area contributed by atoms with Gasteiger partial charge in [0, 0.05) is 24.3 Å². The fraction of sp³-hybridized carbons (Fsp3) is 0.111. The number of carbonyl (C=O) groups excluding carboxylic acids is 1. The van der Waals surface area contributed by atoms with Crippen molar-refractivity contribution in [2.75, 3.05) is 0 Å². The molecule has 0 spiro atoms. The molecule has 0 saturated heterocycles. The highest BCUT2D eigenvalue weighted by Gasteiger charge is 2.12. The summed E-state index contributed by atoms with van der Waals surface area (Å²) in [5.74, 6) is -0.149. The van der Waals surface area contributed by atoms with E-state index in [1.807, 2.05) is 36.5 Å². The highest BCUT2D eigenvalue weighted by Crippen LogP contribution is 2.15. The van der Waals surface area contributed by atoms with Gasteiger partial charge in [-0.15, -0.1) is 0 Å². The van der Waals surface area contributed by atoms with Crippen LogP contribution in [0.25, 0.3) is 5.69 Å². The fourth-order valence-corrected chi connectivity index (χ4v) is 2.50. The molecule has 3 N–H and O–H groups in total. The molecule has 1 amide bonds. The first kappa shape index (κ1) is 16.2. The SMILES string of the molecule is NCc1cn(-c2ccccc2C(=O)NCc2ccc(Cl)cc2)cn1. The molecule has 0 aliphatic rings. The van der Waals surface area contributed by atoms with E-state index in [9.17, 15) is 4.79 Å². The van der Waals surface area contributed by atoms with Crippen LogP contribution in [0, 0.1) is 0 Å². The quantitative estimate of drug-likeness (QED) is 0.750. The molecule has 5 nitrogen and oxygen atoms in total. The van der Waals surface area contributed by atoms with Gasteiger partial charge in [-0.1, -0.05) is 35.9 Å². The third-order valence-corrected chi connectivity index (χ3v) is 3.89. The summed E-state index contributed by atoms with van der Waals surface area (Å²) in [6.45, 7) is 0.792. The maximum atomic E-state index is 12.6. The molecule has 3 aromatic rings. The van der Waals surface area contributed by atoms with Gasteiger partial charge < -0.3 is 15.6 Å². The second-order valence-corrected chi connectivity index (χ2v) is 5.74. The molecule has 0 bridgehead atoms. The van der Waals surface area contributed by atoms with E-state index < -0.39 is 0 Å². The van der Waals surface area contributed by atoms with E-state index >= 15 is 0 Å². The average Bonchev–Trinajstić information content (AvgIpc) is 3.10. The average molecular weight is 341 g/mol. The van der Waals surface area contributed by atoms with Crippen molar-refractivity contribution in [3.05, 3.63) is 82.9 Å². The number of nitrogens with one attached hydrogen (secondary N) is 1. The molecule has 0 atom stereocenters. The molecule has 0 saturated carbocycles. The second-order valence-electron chi connectivity index (χ2n) is 5.30. The zero-order valence-corrected chi connectivity index (χ0v) is 13.7. The Morgan fingerprint density at radius 1 is 1.17 bits per heavy atom. The first-order valence-electron chi connectivity index (χ1n) is 7.52. The lowest BCUT2D eigenvalue weighted by molar-refractivity contribution is 0.0951. The number of imidazole rings is 1. The van der Waals surface area contributed by atoms with Crippen LogP contribution >= 0.6 is 11.6 Å². The van der Waals surface area contributed by atoms with Crippen molar-refractivity contribution in [3.8, 4) is 5.69 Å². The van der Waals surface area contributed by atoms with Crippen LogP contribution in [0.2, 0.25) is 5.02 Å². The van der Waals surface area contributed by atoms with Crippen molar-refractivity contribution in [1.29, 1.82) is 0 Å². The Bertz CT molecular complexity index is 842. The third-order valence-electron chi connectivity index (χ3n) is 3.64. The van der Waals surface area contributed by atoms with Crippen molar-refractivity contribution in [1.82, 2.24) is 14.9 Å². The molecule has 2 aromatic carbocycles. The molecule has 0 unspecified atom stereocenters. The molecule has 24 heavy (non-hydrogen) atoms. The van der Waals surface area contributed by atoms with E-state index in [2.05, 4.69) is 10.3 Å². The minimum absolute atomic E-state index is 0.149. The van der Waals surface area contributed by atoms with Crippen molar-refractivity contribution >= 4 is 17.5 Å². The lowest BCUT2D eigenvalue weighted by Gasteiger charge is -2.11. The number of benzene rings is 2. The number of carbonyl (C=O) groups is 1. The Morgan fingerprint density at radius 3 is 2.62 bits per heavy atom. The second kappa shape index (κ2) is 7.29. The minimum Gasteiger partial charge on any atom is -0.348 e. The summed E-state index contributed by atoms with van der Waals surface area (Å²) < 4.78 is 1.80. The molecule has 0 aliphatic heterocycles. The zero-order valence-electron chi connectivity index (χ0n) is 12.9. The number of hydrogen-bond acceptors (Lipinski definition) is 3. The summed E-state index contributed by atoms with van der Waals surface area (Å²) >= 11 is 5.87. The summed E-state index contributed by atoms with van der Waals surface area (Å²) in [5, 5.41) is 3.60. The van der Waals surface area contributed by atoms with Crippen molar-refractivity contribution in [2.24, 2.45) is 5.73 Å². The Kier molecular flexibility index (Phi) is 4.93. The Hall–Kier alpha value is -2.63. The Balaban J connectivity index is 1.78. The molecule has 6 heteroatoms. The van der Waals surface area contributed by atoms with Gasteiger partial charge in [0.25, 0.3) is 5.91 Å². The van der Waals surface area contributed by atoms with E-state index in [1.165, 1.54) is 0 Å². The van der Waals surface area contributed by atoms with Crippen LogP contribution in [0.1, 0.15) is 21.6 Å². The molecule has 0 fully saturated rings. The van der Waals surface area contributed by atoms with Crippen molar-refractivity contribution in [2.45, 2.75) is 13.1 Å². The highest BCUT2D eigenvalue weighted by atomic mass is 35.5. The Morgan fingerprint density at radius 2 is 1.92 bits per heavy atom. The van der Waals surface area contributed by atoms with E-state index in [-0.39, 0.29) is 5.91 Å². The highest BCUT2D eigenvalue weighted by molar-refractivity contribution is 6.30. The first-order valence-corrected chi connectivity index (χ1v) is 7.90. The van der Waals surface area contributed by atoms with Gasteiger partial charge in [0.05, 0.1) is 23.3 Å². The number of halogens is 1. The standard InChI is InChI=1S/C18H17ClN4O/c19-14-7-5-13(6-8-14)10-21-18(24)16-3-1-2-4-17(16)23-11-15(9-20)22-12-23/h1-8,11-12H,9-10,20H2,(H,21,24). The monoisotopic (exact) mass is 340 g/mol. The predicted octanol–water partition coefficient (Wildman–Crippen LogP) is 2.91. The van der Waals surface area contributed by atoms with E-state index in [0.29, 0.717) is 23.7 Å². The van der Waals surface area contributed by atoms with Gasteiger partial charge in [-0.25, -0.2) is 4.98 Å². The van der Waals surface area contributed by atoms with E-state index in [4.69, 9.17) is 17.3 Å². The normalized spacial score (nSPS) is 10.6. The maximum Gasteiger partial charge on any atom is 0.253 e. The summed E-state index contributed by atoms with van der Waals surface area (Å²) in [6, 6.07) is 14.8. The zero-order chi connectivity index (χ0) is 16.9. The molecule has 3 rings (SSSR count). The summed E-state index contributed by atoms with van der Waals surface area (Å²) in [5.41, 5.74) is 8.69. The lowest BCUT2D eigenvalue weighted by Crippen LogP contribution is -2.24. The van der Waals surface area contributed by atoms with E-state index in [1.54, 1.807) is 29.1 Å². The van der Waals surface area contributed by atoms with Gasteiger partial charge in [-0.2, -0.15) is 0 Å². The molecule has 122 valence electrons.